The van der Waals surface area contributed by atoms with Crippen LogP contribution in [-0.2, 0) is 5.41 Å². The van der Waals surface area contributed by atoms with Gasteiger partial charge in [0.25, 0.3) is 0 Å². The summed E-state index contributed by atoms with van der Waals surface area (Å²) in [5.74, 6) is 1.52. The van der Waals surface area contributed by atoms with Crippen LogP contribution >= 0.6 is 0 Å². The molecule has 0 bridgehead atoms. The maximum atomic E-state index is 9.78. The Hall–Kier alpha value is -8.28. The van der Waals surface area contributed by atoms with Crippen LogP contribution in [0.4, 0.5) is 0 Å². The second kappa shape index (κ2) is 16.5. The van der Waals surface area contributed by atoms with Gasteiger partial charge in [0.05, 0.1) is 18.6 Å². The number of hydrogen-bond donors (Lipinski definition) is 2. The van der Waals surface area contributed by atoms with E-state index in [1.165, 1.54) is 43.8 Å². The Morgan fingerprint density at radius 2 is 0.681 bits per heavy atom. The normalized spacial score (nSPS) is 12.8. The molecule has 2 N–H and O–H groups in total. The van der Waals surface area contributed by atoms with Crippen LogP contribution in [0.5, 0.6) is 11.5 Å². The van der Waals surface area contributed by atoms with Gasteiger partial charge in [0.1, 0.15) is 24.7 Å². The van der Waals surface area contributed by atoms with Crippen LogP contribution in [0.15, 0.2) is 218 Å². The smallest absolute Gasteiger partial charge is 0.127 e. The molecule has 1 aliphatic rings. The molecule has 0 fully saturated rings. The molecule has 1 aliphatic carbocycles. The third-order valence-electron chi connectivity index (χ3n) is 14.5. The second-order valence-electron chi connectivity index (χ2n) is 18.3. The molecule has 0 spiro atoms. The lowest BCUT2D eigenvalue weighted by Gasteiger charge is -2.35. The van der Waals surface area contributed by atoms with E-state index in [9.17, 15) is 10.2 Å². The molecule has 0 amide bonds. The first kappa shape index (κ1) is 41.0. The fourth-order valence-electron chi connectivity index (χ4n) is 11.4. The molecule has 0 heterocycles. The molecule has 0 saturated carbocycles. The molecule has 12 aromatic carbocycles. The molecular formula is C65H46O4. The van der Waals surface area contributed by atoms with E-state index >= 15 is 0 Å². The van der Waals surface area contributed by atoms with E-state index in [0.717, 1.165) is 88.0 Å². The minimum Gasteiger partial charge on any atom is -0.491 e. The molecule has 0 aromatic heterocycles. The molecule has 4 nitrogen and oxygen atoms in total. The van der Waals surface area contributed by atoms with Crippen molar-refractivity contribution in [3.05, 3.63) is 241 Å². The van der Waals surface area contributed by atoms with Crippen molar-refractivity contribution >= 4 is 64.6 Å². The van der Waals surface area contributed by atoms with Gasteiger partial charge < -0.3 is 19.7 Å². The zero-order chi connectivity index (χ0) is 46.1. The second-order valence-corrected chi connectivity index (χ2v) is 18.3. The fourth-order valence-corrected chi connectivity index (χ4v) is 11.4. The molecule has 0 saturated heterocycles. The van der Waals surface area contributed by atoms with Crippen molar-refractivity contribution < 1.29 is 19.7 Å². The first-order valence-electron chi connectivity index (χ1n) is 23.8. The topological polar surface area (TPSA) is 58.9 Å². The lowest BCUT2D eigenvalue weighted by Crippen LogP contribution is -2.28. The van der Waals surface area contributed by atoms with Crippen LogP contribution < -0.4 is 9.47 Å². The predicted molar refractivity (Wildman–Crippen MR) is 285 cm³/mol. The van der Waals surface area contributed by atoms with Crippen molar-refractivity contribution in [3.8, 4) is 44.9 Å². The average Bonchev–Trinajstić information content (AvgIpc) is 3.70. The zero-order valence-corrected chi connectivity index (χ0v) is 37.8. The molecule has 69 heavy (non-hydrogen) atoms. The quantitative estimate of drug-likeness (QED) is 0.134. The Bertz CT molecular complexity index is 3760. The van der Waals surface area contributed by atoms with Crippen LogP contribution in [0.3, 0.4) is 0 Å². The van der Waals surface area contributed by atoms with Gasteiger partial charge in [-0.25, -0.2) is 0 Å². The van der Waals surface area contributed by atoms with Gasteiger partial charge in [-0.3, -0.25) is 0 Å². The number of ether oxygens (including phenoxy) is 2. The maximum absolute atomic E-state index is 9.78. The zero-order valence-electron chi connectivity index (χ0n) is 37.8. The molecular weight excluding hydrogens is 845 g/mol. The minimum absolute atomic E-state index is 0.0624. The first-order valence-corrected chi connectivity index (χ1v) is 23.8. The highest BCUT2D eigenvalue weighted by atomic mass is 16.5. The van der Waals surface area contributed by atoms with Crippen molar-refractivity contribution in [1.82, 2.24) is 0 Å². The maximum Gasteiger partial charge on any atom is 0.127 e. The molecule has 0 aliphatic heterocycles. The highest BCUT2D eigenvalue weighted by molar-refractivity contribution is 6.12. The summed E-state index contributed by atoms with van der Waals surface area (Å²) in [6.07, 6.45) is 0. The molecule has 330 valence electrons. The molecule has 12 aromatic rings. The predicted octanol–water partition coefficient (Wildman–Crippen LogP) is 15.0. The van der Waals surface area contributed by atoms with Gasteiger partial charge in [0.15, 0.2) is 0 Å². The number of aliphatic hydroxyl groups excluding tert-OH is 2. The van der Waals surface area contributed by atoms with Crippen LogP contribution in [0.1, 0.15) is 22.3 Å². The molecule has 13 rings (SSSR count). The summed E-state index contributed by atoms with van der Waals surface area (Å²) in [5.41, 5.74) is 11.0. The Balaban J connectivity index is 1.15. The van der Waals surface area contributed by atoms with Gasteiger partial charge in [0.2, 0.25) is 0 Å². The highest BCUT2D eigenvalue weighted by Gasteiger charge is 2.47. The summed E-state index contributed by atoms with van der Waals surface area (Å²) in [7, 11) is 0. The van der Waals surface area contributed by atoms with Crippen LogP contribution in [-0.4, -0.2) is 36.6 Å². The third-order valence-corrected chi connectivity index (χ3v) is 14.5. The SMILES string of the molecule is OCCOc1cc2ccc(C3(c4ccc5cc(OCCO)c6ccccc6c5c4)c4cc(-c5ccc6ccccc6c5)ccc4-c4ccc(-c5ccc6ccccc6c5)cc43)cc2c2ccccc12. The Labute approximate surface area is 399 Å². The summed E-state index contributed by atoms with van der Waals surface area (Å²) < 4.78 is 12.4. The number of aliphatic hydroxyl groups is 2. The number of hydrogen-bond acceptors (Lipinski definition) is 4. The summed E-state index contributed by atoms with van der Waals surface area (Å²) in [4.78, 5) is 0. The van der Waals surface area contributed by atoms with Crippen LogP contribution in [0.25, 0.3) is 98.0 Å². The number of benzene rings is 12. The summed E-state index contributed by atoms with van der Waals surface area (Å²) in [6.45, 7) is 0.310. The van der Waals surface area contributed by atoms with E-state index in [1.54, 1.807) is 0 Å². The van der Waals surface area contributed by atoms with Gasteiger partial charge in [0, 0.05) is 10.8 Å². The average molecular weight is 891 g/mol. The minimum atomic E-state index is -0.799. The van der Waals surface area contributed by atoms with Gasteiger partial charge in [-0.1, -0.05) is 170 Å². The number of rotatable bonds is 10. The summed E-state index contributed by atoms with van der Waals surface area (Å²) >= 11 is 0. The molecule has 0 atom stereocenters. The largest absolute Gasteiger partial charge is 0.491 e. The van der Waals surface area contributed by atoms with Gasteiger partial charge >= 0.3 is 0 Å². The van der Waals surface area contributed by atoms with E-state index in [2.05, 4.69) is 218 Å². The van der Waals surface area contributed by atoms with Gasteiger partial charge in [-0.15, -0.1) is 0 Å². The molecule has 0 radical (unpaired) electrons. The van der Waals surface area contributed by atoms with Crippen molar-refractivity contribution in [2.45, 2.75) is 5.41 Å². The third kappa shape index (κ3) is 6.59. The summed E-state index contributed by atoms with van der Waals surface area (Å²) in [5, 5.41) is 33.0. The van der Waals surface area contributed by atoms with Crippen molar-refractivity contribution in [3.63, 3.8) is 0 Å². The van der Waals surface area contributed by atoms with Crippen LogP contribution in [0.2, 0.25) is 0 Å². The van der Waals surface area contributed by atoms with Crippen molar-refractivity contribution in [2.24, 2.45) is 0 Å². The standard InChI is InChI=1S/C65H46O4/c66-29-31-68-63-37-49-21-25-51(39-59(49)53-13-5-7-15-57(53)63)65(52-26-22-50-38-64(69-32-30-67)58-16-8-6-14-54(58)60(50)40-52)61-35-47(45-19-17-41-9-1-3-11-43(41)33-45)23-27-55(61)56-28-24-48(36-62(56)65)46-20-18-42-10-2-4-12-44(42)34-46/h1-28,33-40,66-67H,29-32H2. The van der Waals surface area contributed by atoms with Crippen LogP contribution in [0, 0.1) is 0 Å². The lowest BCUT2D eigenvalue weighted by molar-refractivity contribution is 0.203. The Kier molecular flexibility index (Phi) is 9.79. The van der Waals surface area contributed by atoms with Gasteiger partial charge in [-0.05, 0) is 158 Å². The monoisotopic (exact) mass is 890 g/mol. The van der Waals surface area contributed by atoms with E-state index in [-0.39, 0.29) is 26.4 Å². The number of fused-ring (bicyclic) bond motifs is 11. The lowest BCUT2D eigenvalue weighted by atomic mass is 9.66. The Morgan fingerprint density at radius 1 is 0.304 bits per heavy atom. The molecule has 0 unspecified atom stereocenters. The van der Waals surface area contributed by atoms with Crippen molar-refractivity contribution in [1.29, 1.82) is 0 Å². The first-order chi connectivity index (χ1) is 34.1. The van der Waals surface area contributed by atoms with E-state index in [0.29, 0.717) is 0 Å². The fraction of sp³-hybridized carbons (Fsp3) is 0.0769. The van der Waals surface area contributed by atoms with E-state index in [1.807, 2.05) is 0 Å². The Morgan fingerprint density at radius 3 is 1.13 bits per heavy atom. The van der Waals surface area contributed by atoms with E-state index in [4.69, 9.17) is 9.47 Å². The summed E-state index contributed by atoms with van der Waals surface area (Å²) in [6, 6.07) is 80.1. The van der Waals surface area contributed by atoms with E-state index < -0.39 is 5.41 Å². The van der Waals surface area contributed by atoms with Gasteiger partial charge in [-0.2, -0.15) is 0 Å². The van der Waals surface area contributed by atoms with Crippen molar-refractivity contribution in [2.75, 3.05) is 26.4 Å². The molecule has 4 heteroatoms. The highest BCUT2D eigenvalue weighted by Crippen LogP contribution is 2.59.